The van der Waals surface area contributed by atoms with E-state index < -0.39 is 0 Å². The maximum Gasteiger partial charge on any atom is 0.252 e. The lowest BCUT2D eigenvalue weighted by Crippen LogP contribution is -2.44. The van der Waals surface area contributed by atoms with Gasteiger partial charge < -0.3 is 19.9 Å². The summed E-state index contributed by atoms with van der Waals surface area (Å²) in [5, 5.41) is 3.12. The van der Waals surface area contributed by atoms with Crippen molar-refractivity contribution in [3.8, 4) is 5.75 Å². The number of aryl methyl sites for hydroxylation is 1. The Morgan fingerprint density at radius 1 is 1.07 bits per heavy atom. The lowest BCUT2D eigenvalue weighted by atomic mass is 10.0. The molecular formula is C22H29N3O2. The predicted molar refractivity (Wildman–Crippen MR) is 110 cm³/mol. The third-order valence-electron chi connectivity index (χ3n) is 5.30. The number of likely N-dealkylation sites (N-methyl/N-ethyl adjacent to an activating group) is 1. The number of anilines is 1. The number of ether oxygens (including phenoxy) is 1. The molecule has 1 amide bonds. The van der Waals surface area contributed by atoms with Gasteiger partial charge in [0.25, 0.3) is 5.91 Å². The quantitative estimate of drug-likeness (QED) is 0.881. The molecule has 2 aromatic carbocycles. The molecular weight excluding hydrogens is 338 g/mol. The molecule has 0 saturated carbocycles. The van der Waals surface area contributed by atoms with E-state index in [1.807, 2.05) is 50.2 Å². The second-order valence-corrected chi connectivity index (χ2v) is 7.26. The Bertz CT molecular complexity index is 781. The zero-order chi connectivity index (χ0) is 19.4. The molecule has 3 rings (SSSR count). The molecule has 27 heavy (non-hydrogen) atoms. The van der Waals surface area contributed by atoms with Crippen LogP contribution in [0, 0.1) is 6.92 Å². The van der Waals surface area contributed by atoms with Gasteiger partial charge in [-0.2, -0.15) is 0 Å². The number of carbonyl (C=O) groups excluding carboxylic acids is 1. The fraction of sp³-hybridized carbons (Fsp3) is 0.409. The van der Waals surface area contributed by atoms with E-state index >= 15 is 0 Å². The van der Waals surface area contributed by atoms with Crippen molar-refractivity contribution in [3.05, 3.63) is 59.2 Å². The van der Waals surface area contributed by atoms with Crippen LogP contribution >= 0.6 is 0 Å². The molecule has 0 unspecified atom stereocenters. The summed E-state index contributed by atoms with van der Waals surface area (Å²) >= 11 is 0. The molecule has 5 heteroatoms. The monoisotopic (exact) mass is 367 g/mol. The molecule has 1 aliphatic rings. The fourth-order valence-corrected chi connectivity index (χ4v) is 3.37. The van der Waals surface area contributed by atoms with E-state index in [4.69, 9.17) is 4.74 Å². The molecule has 1 saturated heterocycles. The van der Waals surface area contributed by atoms with Crippen LogP contribution in [0.1, 0.15) is 34.5 Å². The summed E-state index contributed by atoms with van der Waals surface area (Å²) in [4.78, 5) is 17.6. The smallest absolute Gasteiger partial charge is 0.252 e. The van der Waals surface area contributed by atoms with Gasteiger partial charge in [0, 0.05) is 37.4 Å². The van der Waals surface area contributed by atoms with E-state index in [2.05, 4.69) is 28.2 Å². The average Bonchev–Trinajstić information content (AvgIpc) is 2.69. The van der Waals surface area contributed by atoms with E-state index in [1.54, 1.807) is 7.11 Å². The van der Waals surface area contributed by atoms with Gasteiger partial charge in [0.05, 0.1) is 13.2 Å². The van der Waals surface area contributed by atoms with E-state index in [1.165, 1.54) is 0 Å². The third-order valence-corrected chi connectivity index (χ3v) is 5.30. The van der Waals surface area contributed by atoms with Crippen molar-refractivity contribution in [1.29, 1.82) is 0 Å². The minimum absolute atomic E-state index is 0.0354. The van der Waals surface area contributed by atoms with Gasteiger partial charge >= 0.3 is 0 Å². The number of amides is 1. The lowest BCUT2D eigenvalue weighted by Gasteiger charge is -2.34. The Morgan fingerprint density at radius 2 is 1.74 bits per heavy atom. The molecule has 1 atom stereocenters. The van der Waals surface area contributed by atoms with Gasteiger partial charge in [-0.1, -0.05) is 18.2 Å². The summed E-state index contributed by atoms with van der Waals surface area (Å²) in [5.41, 5.74) is 3.91. The maximum atomic E-state index is 12.9. The number of piperazine rings is 1. The van der Waals surface area contributed by atoms with Crippen molar-refractivity contribution in [2.75, 3.05) is 45.2 Å². The Morgan fingerprint density at radius 3 is 2.37 bits per heavy atom. The summed E-state index contributed by atoms with van der Waals surface area (Å²) in [6.45, 7) is 8.06. The topological polar surface area (TPSA) is 44.8 Å². The Hall–Kier alpha value is -2.53. The van der Waals surface area contributed by atoms with Gasteiger partial charge in [0.15, 0.2) is 0 Å². The zero-order valence-corrected chi connectivity index (χ0v) is 16.7. The number of hydrogen-bond acceptors (Lipinski definition) is 4. The van der Waals surface area contributed by atoms with E-state index in [0.29, 0.717) is 0 Å². The van der Waals surface area contributed by atoms with Crippen molar-refractivity contribution >= 4 is 11.6 Å². The standard InChI is InChI=1S/C22H29N3O2/c1-16-5-8-19(25-13-11-24(3)12-14-25)15-21(16)22(26)23-17(2)18-6-9-20(27-4)10-7-18/h5-10,15,17H,11-14H2,1-4H3,(H,23,26)/t17-/m1/s1. The number of benzene rings is 2. The minimum atomic E-state index is -0.0740. The Labute approximate surface area is 161 Å². The average molecular weight is 367 g/mol. The van der Waals surface area contributed by atoms with Crippen molar-refractivity contribution in [3.63, 3.8) is 0 Å². The fourth-order valence-electron chi connectivity index (χ4n) is 3.37. The van der Waals surface area contributed by atoms with Gasteiger partial charge in [0.2, 0.25) is 0 Å². The van der Waals surface area contributed by atoms with Gasteiger partial charge in [-0.3, -0.25) is 4.79 Å². The number of hydrogen-bond donors (Lipinski definition) is 1. The number of rotatable bonds is 5. The van der Waals surface area contributed by atoms with Crippen LogP contribution in [0.2, 0.25) is 0 Å². The van der Waals surface area contributed by atoms with Gasteiger partial charge in [0.1, 0.15) is 5.75 Å². The van der Waals surface area contributed by atoms with E-state index in [9.17, 15) is 4.79 Å². The third kappa shape index (κ3) is 4.61. The molecule has 2 aromatic rings. The highest BCUT2D eigenvalue weighted by Gasteiger charge is 2.18. The number of methoxy groups -OCH3 is 1. The second-order valence-electron chi connectivity index (χ2n) is 7.26. The van der Waals surface area contributed by atoms with Gasteiger partial charge in [-0.05, 0) is 56.3 Å². The number of carbonyl (C=O) groups is 1. The summed E-state index contributed by atoms with van der Waals surface area (Å²) in [5.74, 6) is 0.778. The Balaban J connectivity index is 1.72. The first-order chi connectivity index (χ1) is 13.0. The molecule has 0 bridgehead atoms. The molecule has 1 N–H and O–H groups in total. The minimum Gasteiger partial charge on any atom is -0.497 e. The van der Waals surface area contributed by atoms with Crippen LogP contribution in [-0.4, -0.2) is 51.1 Å². The SMILES string of the molecule is COc1ccc([C@@H](C)NC(=O)c2cc(N3CCN(C)CC3)ccc2C)cc1. The highest BCUT2D eigenvalue weighted by Crippen LogP contribution is 2.22. The van der Waals surface area contributed by atoms with Gasteiger partial charge in [-0.15, -0.1) is 0 Å². The van der Waals surface area contributed by atoms with Crippen molar-refractivity contribution in [1.82, 2.24) is 10.2 Å². The highest BCUT2D eigenvalue weighted by atomic mass is 16.5. The van der Waals surface area contributed by atoms with Crippen LogP contribution in [0.25, 0.3) is 0 Å². The molecule has 0 radical (unpaired) electrons. The van der Waals surface area contributed by atoms with Gasteiger partial charge in [-0.25, -0.2) is 0 Å². The number of nitrogens with one attached hydrogen (secondary N) is 1. The van der Waals surface area contributed by atoms with Crippen molar-refractivity contribution in [2.24, 2.45) is 0 Å². The number of nitrogens with zero attached hydrogens (tertiary/aromatic N) is 2. The Kier molecular flexibility index (Phi) is 6.01. The van der Waals surface area contributed by atoms with E-state index in [-0.39, 0.29) is 11.9 Å². The molecule has 144 valence electrons. The first-order valence-electron chi connectivity index (χ1n) is 9.47. The normalized spacial score (nSPS) is 16.1. The summed E-state index contributed by atoms with van der Waals surface area (Å²) in [6.07, 6.45) is 0. The summed E-state index contributed by atoms with van der Waals surface area (Å²) < 4.78 is 5.20. The molecule has 1 aliphatic heterocycles. The second kappa shape index (κ2) is 8.44. The largest absolute Gasteiger partial charge is 0.497 e. The van der Waals surface area contributed by atoms with Crippen LogP contribution in [0.4, 0.5) is 5.69 Å². The molecule has 0 aromatic heterocycles. The first-order valence-corrected chi connectivity index (χ1v) is 9.47. The maximum absolute atomic E-state index is 12.9. The molecule has 0 aliphatic carbocycles. The zero-order valence-electron chi connectivity index (χ0n) is 16.7. The molecule has 5 nitrogen and oxygen atoms in total. The van der Waals surface area contributed by atoms with Crippen LogP contribution in [0.5, 0.6) is 5.75 Å². The molecule has 1 fully saturated rings. The van der Waals surface area contributed by atoms with Crippen LogP contribution in [-0.2, 0) is 0 Å². The molecule has 0 spiro atoms. The van der Waals surface area contributed by atoms with Crippen LogP contribution in [0.3, 0.4) is 0 Å². The lowest BCUT2D eigenvalue weighted by molar-refractivity contribution is 0.0939. The predicted octanol–water partition coefficient (Wildman–Crippen LogP) is 3.25. The van der Waals surface area contributed by atoms with E-state index in [0.717, 1.165) is 54.3 Å². The van der Waals surface area contributed by atoms with Crippen molar-refractivity contribution < 1.29 is 9.53 Å². The highest BCUT2D eigenvalue weighted by molar-refractivity contribution is 5.96. The van der Waals surface area contributed by atoms with Crippen LogP contribution < -0.4 is 15.0 Å². The molecule has 1 heterocycles. The van der Waals surface area contributed by atoms with Crippen molar-refractivity contribution in [2.45, 2.75) is 19.9 Å². The first kappa shape index (κ1) is 19.2. The summed E-state index contributed by atoms with van der Waals surface area (Å²) in [7, 11) is 3.79. The summed E-state index contributed by atoms with van der Waals surface area (Å²) in [6, 6.07) is 13.9. The van der Waals surface area contributed by atoms with Crippen LogP contribution in [0.15, 0.2) is 42.5 Å².